The average molecular weight is 441 g/mol. The van der Waals surface area contributed by atoms with E-state index in [-0.39, 0.29) is 0 Å². The van der Waals surface area contributed by atoms with Crippen LogP contribution in [-0.2, 0) is 0 Å². The molecule has 33 heavy (non-hydrogen) atoms. The van der Waals surface area contributed by atoms with E-state index in [1.807, 2.05) is 29.7 Å². The first-order valence-electron chi connectivity index (χ1n) is 11.1. The highest BCUT2D eigenvalue weighted by Crippen LogP contribution is 2.50. The molecule has 0 fully saturated rings. The number of nitrogens with zero attached hydrogens (tertiary/aromatic N) is 1. The summed E-state index contributed by atoms with van der Waals surface area (Å²) in [6.45, 7) is 2.27. The van der Waals surface area contributed by atoms with Crippen LogP contribution in [0.3, 0.4) is 0 Å². The van der Waals surface area contributed by atoms with Gasteiger partial charge in [-0.25, -0.2) is 0 Å². The van der Waals surface area contributed by atoms with E-state index in [4.69, 9.17) is 0 Å². The highest BCUT2D eigenvalue weighted by atomic mass is 32.1. The van der Waals surface area contributed by atoms with E-state index >= 15 is 0 Å². The molecule has 156 valence electrons. The van der Waals surface area contributed by atoms with Gasteiger partial charge in [-0.2, -0.15) is 0 Å². The smallest absolute Gasteiger partial charge is 0.0702 e. The number of benzene rings is 4. The van der Waals surface area contributed by atoms with Crippen LogP contribution in [0.5, 0.6) is 0 Å². The van der Waals surface area contributed by atoms with Crippen molar-refractivity contribution in [2.24, 2.45) is 0 Å². The molecule has 3 heteroatoms. The number of hydrogen-bond donors (Lipinski definition) is 1. The molecule has 0 aliphatic carbocycles. The quantitative estimate of drug-likeness (QED) is 0.276. The van der Waals surface area contributed by atoms with Crippen molar-refractivity contribution in [3.63, 3.8) is 0 Å². The van der Waals surface area contributed by atoms with Crippen LogP contribution >= 0.6 is 11.3 Å². The monoisotopic (exact) mass is 440 g/mol. The third kappa shape index (κ3) is 2.76. The zero-order chi connectivity index (χ0) is 21.9. The summed E-state index contributed by atoms with van der Waals surface area (Å²) in [6.07, 6.45) is 1.86. The number of nitrogens with one attached hydrogen (secondary N) is 1. The van der Waals surface area contributed by atoms with Crippen molar-refractivity contribution in [3.8, 4) is 33.5 Å². The first-order chi connectivity index (χ1) is 16.3. The third-order valence-electron chi connectivity index (χ3n) is 6.66. The Balaban J connectivity index is 1.66. The minimum absolute atomic E-state index is 0.989. The van der Waals surface area contributed by atoms with Crippen LogP contribution in [0, 0.1) is 6.92 Å². The number of para-hydroxylation sites is 1. The predicted octanol–water partition coefficient (Wildman–Crippen LogP) is 8.82. The van der Waals surface area contributed by atoms with Gasteiger partial charge in [0.05, 0.1) is 5.69 Å². The first-order valence-corrected chi connectivity index (χ1v) is 12.0. The average Bonchev–Trinajstić information content (AvgIpc) is 3.23. The molecule has 1 aliphatic heterocycles. The predicted molar refractivity (Wildman–Crippen MR) is 141 cm³/mol. The van der Waals surface area contributed by atoms with E-state index in [9.17, 15) is 0 Å². The molecule has 0 saturated carbocycles. The zero-order valence-electron chi connectivity index (χ0n) is 18.1. The molecule has 2 nitrogen and oxygen atoms in total. The lowest BCUT2D eigenvalue weighted by Crippen LogP contribution is -2.02. The van der Waals surface area contributed by atoms with Crippen LogP contribution in [0.1, 0.15) is 5.56 Å². The molecular formula is C30H20N2S. The Morgan fingerprint density at radius 2 is 1.52 bits per heavy atom. The molecule has 0 unspecified atom stereocenters. The lowest BCUT2D eigenvalue weighted by Gasteiger charge is -2.24. The van der Waals surface area contributed by atoms with E-state index < -0.39 is 0 Å². The SMILES string of the molecule is Cc1c2cc3sc4ccccc4c3c1-c1cc(-c3ccccn3)ccc1Nc1ccccc1-2. The fourth-order valence-electron chi connectivity index (χ4n) is 5.13. The van der Waals surface area contributed by atoms with Crippen molar-refractivity contribution < 1.29 is 0 Å². The summed E-state index contributed by atoms with van der Waals surface area (Å²) in [4.78, 5) is 4.61. The third-order valence-corrected chi connectivity index (χ3v) is 7.78. The summed E-state index contributed by atoms with van der Waals surface area (Å²) in [7, 11) is 0. The van der Waals surface area contributed by atoms with E-state index in [2.05, 4.69) is 96.1 Å². The summed E-state index contributed by atoms with van der Waals surface area (Å²) < 4.78 is 2.66. The van der Waals surface area contributed by atoms with Crippen LogP contribution in [0.25, 0.3) is 53.7 Å². The van der Waals surface area contributed by atoms with Crippen molar-refractivity contribution in [1.29, 1.82) is 0 Å². The van der Waals surface area contributed by atoms with Crippen molar-refractivity contribution in [2.45, 2.75) is 6.92 Å². The van der Waals surface area contributed by atoms with Gasteiger partial charge in [0.15, 0.2) is 0 Å². The van der Waals surface area contributed by atoms with Crippen molar-refractivity contribution in [1.82, 2.24) is 4.98 Å². The number of hydrogen-bond acceptors (Lipinski definition) is 3. The van der Waals surface area contributed by atoms with Gasteiger partial charge in [0, 0.05) is 54.4 Å². The van der Waals surface area contributed by atoms with Crippen LogP contribution in [0.2, 0.25) is 0 Å². The van der Waals surface area contributed by atoms with Gasteiger partial charge in [0.2, 0.25) is 0 Å². The molecular weight excluding hydrogens is 420 g/mol. The van der Waals surface area contributed by atoms with Gasteiger partial charge in [-0.1, -0.05) is 48.5 Å². The number of anilines is 2. The molecule has 1 aliphatic rings. The molecule has 0 radical (unpaired) electrons. The molecule has 0 amide bonds. The van der Waals surface area contributed by atoms with Gasteiger partial charge in [-0.3, -0.25) is 4.98 Å². The number of rotatable bonds is 1. The molecule has 1 N–H and O–H groups in total. The van der Waals surface area contributed by atoms with Gasteiger partial charge in [0.25, 0.3) is 0 Å². The second-order valence-corrected chi connectivity index (χ2v) is 9.63. The molecule has 2 bridgehead atoms. The van der Waals surface area contributed by atoms with Gasteiger partial charge >= 0.3 is 0 Å². The van der Waals surface area contributed by atoms with Crippen LogP contribution in [0.4, 0.5) is 11.4 Å². The van der Waals surface area contributed by atoms with Crippen LogP contribution < -0.4 is 5.32 Å². The largest absolute Gasteiger partial charge is 0.355 e. The van der Waals surface area contributed by atoms with E-state index in [0.29, 0.717) is 0 Å². The Hall–Kier alpha value is -3.95. The second-order valence-electron chi connectivity index (χ2n) is 8.54. The highest BCUT2D eigenvalue weighted by molar-refractivity contribution is 7.26. The van der Waals surface area contributed by atoms with Crippen molar-refractivity contribution in [3.05, 3.63) is 103 Å². The standard InChI is InChI=1S/C30H20N2S/c1-18-22-17-28-30(21-9-3-5-12-27(21)33-28)29(18)23-16-19(24-10-6-7-15-31-24)13-14-26(23)32-25-11-4-2-8-20(22)25/h2-17,32H,1H3. The normalized spacial score (nSPS) is 12.0. The second kappa shape index (κ2) is 7.03. The van der Waals surface area contributed by atoms with E-state index in [1.165, 1.54) is 48.0 Å². The fraction of sp³-hybridized carbons (Fsp3) is 0.0333. The van der Waals surface area contributed by atoms with Crippen LogP contribution in [-0.4, -0.2) is 4.98 Å². The Morgan fingerprint density at radius 3 is 2.42 bits per heavy atom. The number of pyridine rings is 1. The molecule has 0 spiro atoms. The number of thiophene rings is 1. The summed E-state index contributed by atoms with van der Waals surface area (Å²) in [5.74, 6) is 0. The zero-order valence-corrected chi connectivity index (χ0v) is 18.9. The van der Waals surface area contributed by atoms with Gasteiger partial charge in [0.1, 0.15) is 0 Å². The lowest BCUT2D eigenvalue weighted by molar-refractivity contribution is 1.32. The molecule has 3 heterocycles. The fourth-order valence-corrected chi connectivity index (χ4v) is 6.28. The first kappa shape index (κ1) is 18.6. The number of aromatic nitrogens is 1. The Bertz CT molecular complexity index is 1700. The van der Waals surface area contributed by atoms with Gasteiger partial charge in [-0.15, -0.1) is 11.3 Å². The van der Waals surface area contributed by atoms with Crippen molar-refractivity contribution in [2.75, 3.05) is 5.32 Å². The van der Waals surface area contributed by atoms with Gasteiger partial charge in [-0.05, 0) is 66.1 Å². The Morgan fingerprint density at radius 1 is 0.697 bits per heavy atom. The molecule has 0 atom stereocenters. The van der Waals surface area contributed by atoms with Crippen molar-refractivity contribution >= 4 is 42.9 Å². The molecule has 6 aromatic rings. The Kier molecular flexibility index (Phi) is 3.96. The highest BCUT2D eigenvalue weighted by Gasteiger charge is 2.23. The summed E-state index contributed by atoms with van der Waals surface area (Å²) in [5.41, 5.74) is 10.8. The van der Waals surface area contributed by atoms with E-state index in [1.54, 1.807) is 0 Å². The summed E-state index contributed by atoms with van der Waals surface area (Å²) >= 11 is 1.88. The maximum Gasteiger partial charge on any atom is 0.0702 e. The number of fused-ring (bicyclic) bond motifs is 10. The molecule has 4 aromatic carbocycles. The molecule has 7 rings (SSSR count). The van der Waals surface area contributed by atoms with E-state index in [0.717, 1.165) is 22.6 Å². The maximum atomic E-state index is 4.61. The Labute approximate surface area is 196 Å². The maximum absolute atomic E-state index is 4.61. The summed E-state index contributed by atoms with van der Waals surface area (Å²) in [6, 6.07) is 32.5. The van der Waals surface area contributed by atoms with Gasteiger partial charge < -0.3 is 5.32 Å². The topological polar surface area (TPSA) is 24.9 Å². The minimum atomic E-state index is 0.989. The minimum Gasteiger partial charge on any atom is -0.355 e. The van der Waals surface area contributed by atoms with Crippen LogP contribution in [0.15, 0.2) is 97.2 Å². The summed E-state index contributed by atoms with van der Waals surface area (Å²) in [5, 5.41) is 6.42. The molecule has 0 saturated heterocycles. The lowest BCUT2D eigenvalue weighted by atomic mass is 9.86. The molecule has 2 aromatic heterocycles.